The highest BCUT2D eigenvalue weighted by Crippen LogP contribution is 2.36. The van der Waals surface area contributed by atoms with Crippen molar-refractivity contribution in [1.82, 2.24) is 4.98 Å². The van der Waals surface area contributed by atoms with Crippen LogP contribution < -0.4 is 5.32 Å². The Labute approximate surface area is 175 Å². The zero-order valence-corrected chi connectivity index (χ0v) is 17.2. The average Bonchev–Trinajstić information content (AvgIpc) is 2.67. The summed E-state index contributed by atoms with van der Waals surface area (Å²) >= 11 is 6.27. The van der Waals surface area contributed by atoms with Crippen LogP contribution in [-0.4, -0.2) is 29.3 Å². The lowest BCUT2D eigenvalue weighted by Crippen LogP contribution is -2.10. The topological polar surface area (TPSA) is 54.4 Å². The third kappa shape index (κ3) is 5.46. The number of phenolic OH excluding ortho intramolecular Hbond substituents is 1. The fourth-order valence-electron chi connectivity index (χ4n) is 2.97. The number of hydrogen-bond acceptors (Lipinski definition) is 4. The Balaban J connectivity index is 1.96. The van der Waals surface area contributed by atoms with Crippen LogP contribution in [0.2, 0.25) is 5.02 Å². The van der Waals surface area contributed by atoms with E-state index in [2.05, 4.69) is 10.3 Å². The van der Waals surface area contributed by atoms with Gasteiger partial charge in [-0.15, -0.1) is 0 Å². The Morgan fingerprint density at radius 3 is 2.66 bits per heavy atom. The molecule has 0 saturated heterocycles. The molecule has 3 aromatic rings. The van der Waals surface area contributed by atoms with Crippen molar-refractivity contribution < 1.29 is 14.2 Å². The second-order valence-electron chi connectivity index (χ2n) is 6.94. The van der Waals surface area contributed by atoms with Crippen LogP contribution in [0.5, 0.6) is 5.75 Å². The van der Waals surface area contributed by atoms with Gasteiger partial charge in [-0.05, 0) is 62.2 Å². The number of pyridine rings is 1. The van der Waals surface area contributed by atoms with Crippen molar-refractivity contribution in [3.05, 3.63) is 65.4 Å². The van der Waals surface area contributed by atoms with Gasteiger partial charge in [0.05, 0.1) is 16.8 Å². The number of nitrogens with zero attached hydrogens (tertiary/aromatic N) is 1. The van der Waals surface area contributed by atoms with Gasteiger partial charge in [0, 0.05) is 24.3 Å². The van der Waals surface area contributed by atoms with Crippen LogP contribution >= 0.6 is 11.6 Å². The molecular weight excluding hydrogens is 391 g/mol. The number of hydrogen-bond donors (Lipinski definition) is 2. The smallest absolute Gasteiger partial charge is 0.132 e. The molecule has 0 aliphatic rings. The standard InChI is InChI=1S/C23H24ClFN2O2/c1-15(2)29-12-6-11-26-22-14-16(23-18(24)8-5-9-19(23)25)13-20(27-22)17-7-3-4-10-21(17)28/h3-5,7-10,13-15,28H,6,11-12H2,1-2H3,(H,26,27). The summed E-state index contributed by atoms with van der Waals surface area (Å²) in [6.45, 7) is 5.27. The van der Waals surface area contributed by atoms with E-state index in [0.29, 0.717) is 46.4 Å². The van der Waals surface area contributed by atoms with Gasteiger partial charge in [0.25, 0.3) is 0 Å². The summed E-state index contributed by atoms with van der Waals surface area (Å²) in [6.07, 6.45) is 0.989. The molecule has 152 valence electrons. The maximum absolute atomic E-state index is 14.5. The normalized spacial score (nSPS) is 11.1. The molecule has 1 heterocycles. The SMILES string of the molecule is CC(C)OCCCNc1cc(-c2c(F)cccc2Cl)cc(-c2ccccc2O)n1. The van der Waals surface area contributed by atoms with Crippen molar-refractivity contribution >= 4 is 17.4 Å². The number of halogens is 2. The van der Waals surface area contributed by atoms with Crippen molar-refractivity contribution in [1.29, 1.82) is 0 Å². The zero-order valence-electron chi connectivity index (χ0n) is 16.5. The summed E-state index contributed by atoms with van der Waals surface area (Å²) in [5.41, 5.74) is 1.98. The fourth-order valence-corrected chi connectivity index (χ4v) is 3.25. The minimum Gasteiger partial charge on any atom is -0.507 e. The number of phenols is 1. The van der Waals surface area contributed by atoms with E-state index in [1.54, 1.807) is 42.5 Å². The Morgan fingerprint density at radius 1 is 1.14 bits per heavy atom. The summed E-state index contributed by atoms with van der Waals surface area (Å²) in [6, 6.07) is 15.0. The number of benzene rings is 2. The van der Waals surface area contributed by atoms with Gasteiger partial charge >= 0.3 is 0 Å². The minimum absolute atomic E-state index is 0.105. The lowest BCUT2D eigenvalue weighted by molar-refractivity contribution is 0.0787. The monoisotopic (exact) mass is 414 g/mol. The maximum atomic E-state index is 14.5. The number of ether oxygens (including phenoxy) is 1. The Hall–Kier alpha value is -2.63. The molecule has 0 unspecified atom stereocenters. The van der Waals surface area contributed by atoms with Gasteiger partial charge in [0.2, 0.25) is 0 Å². The molecule has 3 rings (SSSR count). The van der Waals surface area contributed by atoms with Crippen molar-refractivity contribution in [2.24, 2.45) is 0 Å². The van der Waals surface area contributed by atoms with E-state index in [0.717, 1.165) is 6.42 Å². The highest BCUT2D eigenvalue weighted by Gasteiger charge is 2.14. The molecule has 0 amide bonds. The van der Waals surface area contributed by atoms with Gasteiger partial charge in [-0.2, -0.15) is 0 Å². The summed E-state index contributed by atoms with van der Waals surface area (Å²) in [7, 11) is 0. The summed E-state index contributed by atoms with van der Waals surface area (Å²) in [5.74, 6) is 0.265. The van der Waals surface area contributed by atoms with E-state index in [-0.39, 0.29) is 11.9 Å². The molecule has 4 nitrogen and oxygen atoms in total. The van der Waals surface area contributed by atoms with E-state index in [1.807, 2.05) is 19.9 Å². The Kier molecular flexibility index (Phi) is 7.07. The average molecular weight is 415 g/mol. The van der Waals surface area contributed by atoms with E-state index >= 15 is 0 Å². The molecule has 0 aliphatic carbocycles. The molecule has 2 N–H and O–H groups in total. The van der Waals surface area contributed by atoms with Crippen molar-refractivity contribution in [2.45, 2.75) is 26.4 Å². The summed E-state index contributed by atoms with van der Waals surface area (Å²) in [4.78, 5) is 4.60. The van der Waals surface area contributed by atoms with Crippen LogP contribution in [0.4, 0.5) is 10.2 Å². The molecule has 0 saturated carbocycles. The van der Waals surface area contributed by atoms with Gasteiger partial charge in [-0.25, -0.2) is 9.37 Å². The third-order valence-corrected chi connectivity index (χ3v) is 4.65. The number of aromatic nitrogens is 1. The molecule has 0 bridgehead atoms. The molecule has 0 aliphatic heterocycles. The molecule has 0 spiro atoms. The second-order valence-corrected chi connectivity index (χ2v) is 7.35. The van der Waals surface area contributed by atoms with Gasteiger partial charge in [-0.3, -0.25) is 0 Å². The second kappa shape index (κ2) is 9.72. The number of para-hydroxylation sites is 1. The van der Waals surface area contributed by atoms with E-state index < -0.39 is 5.82 Å². The predicted octanol–water partition coefficient (Wildman–Crippen LogP) is 6.14. The van der Waals surface area contributed by atoms with E-state index in [4.69, 9.17) is 16.3 Å². The molecule has 0 fully saturated rings. The molecule has 6 heteroatoms. The molecule has 29 heavy (non-hydrogen) atoms. The molecule has 0 atom stereocenters. The zero-order chi connectivity index (χ0) is 20.8. The van der Waals surface area contributed by atoms with Crippen LogP contribution in [0.1, 0.15) is 20.3 Å². The Bertz CT molecular complexity index is 959. The van der Waals surface area contributed by atoms with E-state index in [9.17, 15) is 9.50 Å². The first-order valence-electron chi connectivity index (χ1n) is 9.56. The van der Waals surface area contributed by atoms with E-state index in [1.165, 1.54) is 6.07 Å². The van der Waals surface area contributed by atoms with Crippen LogP contribution in [0.3, 0.4) is 0 Å². The number of anilines is 1. The largest absolute Gasteiger partial charge is 0.507 e. The lowest BCUT2D eigenvalue weighted by atomic mass is 10.0. The molecule has 2 aromatic carbocycles. The van der Waals surface area contributed by atoms with Crippen molar-refractivity contribution in [3.8, 4) is 28.1 Å². The lowest BCUT2D eigenvalue weighted by Gasteiger charge is -2.14. The van der Waals surface area contributed by atoms with Crippen LogP contribution in [0.15, 0.2) is 54.6 Å². The molecule has 0 radical (unpaired) electrons. The summed E-state index contributed by atoms with van der Waals surface area (Å²) in [5, 5.41) is 13.8. The Morgan fingerprint density at radius 2 is 1.93 bits per heavy atom. The van der Waals surface area contributed by atoms with Crippen LogP contribution in [0, 0.1) is 5.82 Å². The quantitative estimate of drug-likeness (QED) is 0.434. The van der Waals surface area contributed by atoms with Crippen molar-refractivity contribution in [3.63, 3.8) is 0 Å². The minimum atomic E-state index is -0.414. The maximum Gasteiger partial charge on any atom is 0.132 e. The van der Waals surface area contributed by atoms with Crippen molar-refractivity contribution in [2.75, 3.05) is 18.5 Å². The first-order chi connectivity index (χ1) is 14.0. The highest BCUT2D eigenvalue weighted by molar-refractivity contribution is 6.33. The first kappa shape index (κ1) is 21.1. The highest BCUT2D eigenvalue weighted by atomic mass is 35.5. The number of aromatic hydroxyl groups is 1. The van der Waals surface area contributed by atoms with Gasteiger partial charge in [0.15, 0.2) is 0 Å². The van der Waals surface area contributed by atoms with Gasteiger partial charge in [0.1, 0.15) is 17.4 Å². The van der Waals surface area contributed by atoms with Gasteiger partial charge < -0.3 is 15.2 Å². The fraction of sp³-hybridized carbons (Fsp3) is 0.261. The number of nitrogens with one attached hydrogen (secondary N) is 1. The predicted molar refractivity (Wildman–Crippen MR) is 116 cm³/mol. The van der Waals surface area contributed by atoms with Crippen LogP contribution in [-0.2, 0) is 4.74 Å². The van der Waals surface area contributed by atoms with Gasteiger partial charge in [-0.1, -0.05) is 29.8 Å². The van der Waals surface area contributed by atoms with Crippen LogP contribution in [0.25, 0.3) is 22.4 Å². The molecule has 1 aromatic heterocycles. The molecular formula is C23H24ClFN2O2. The number of rotatable bonds is 8. The first-order valence-corrected chi connectivity index (χ1v) is 9.94. The summed E-state index contributed by atoms with van der Waals surface area (Å²) < 4.78 is 20.1. The third-order valence-electron chi connectivity index (χ3n) is 4.34.